The minimum atomic E-state index is -4.52. The normalized spacial score (nSPS) is 13.6. The summed E-state index contributed by atoms with van der Waals surface area (Å²) in [5.41, 5.74) is 2.72. The molecule has 2 N–H and O–H groups in total. The Kier molecular flexibility index (Phi) is 8.78. The molecule has 1 amide bonds. The van der Waals surface area contributed by atoms with Crippen LogP contribution in [0.15, 0.2) is 55.0 Å². The van der Waals surface area contributed by atoms with Gasteiger partial charge >= 0.3 is 6.18 Å². The van der Waals surface area contributed by atoms with Crippen molar-refractivity contribution in [3.05, 3.63) is 71.8 Å². The SMILES string of the molecule is CCO.Cc1ncc(NC(=O)c2cccc(C(F)(F)F)c2)cc1-c1cncc(N2CCOCC2)c1. The van der Waals surface area contributed by atoms with E-state index in [1.807, 2.05) is 13.0 Å². The van der Waals surface area contributed by atoms with E-state index in [-0.39, 0.29) is 12.2 Å². The Morgan fingerprint density at radius 1 is 1.14 bits per heavy atom. The number of morpholine rings is 1. The van der Waals surface area contributed by atoms with Crippen LogP contribution < -0.4 is 10.2 Å². The second-order valence-corrected chi connectivity index (χ2v) is 7.74. The highest BCUT2D eigenvalue weighted by atomic mass is 19.4. The molecule has 186 valence electrons. The molecule has 0 atom stereocenters. The fraction of sp³-hybridized carbons (Fsp3) is 0.320. The number of ether oxygens (including phenoxy) is 1. The number of benzene rings is 1. The maximum atomic E-state index is 13.0. The first-order valence-electron chi connectivity index (χ1n) is 11.1. The maximum absolute atomic E-state index is 13.0. The third-order valence-corrected chi connectivity index (χ3v) is 5.21. The standard InChI is InChI=1S/C23H21F3N4O2.C2H6O/c1-15-21(17-10-20(14-27-12-17)30-5-7-32-8-6-30)11-19(13-28-15)29-22(31)16-3-2-4-18(9-16)23(24,25)26;1-2-3/h2-4,9-14H,5-8H2,1H3,(H,29,31);3H,2H2,1H3. The molecule has 0 saturated carbocycles. The molecule has 10 heteroatoms. The van der Waals surface area contributed by atoms with Crippen molar-refractivity contribution >= 4 is 17.3 Å². The highest BCUT2D eigenvalue weighted by molar-refractivity contribution is 6.04. The lowest BCUT2D eigenvalue weighted by Gasteiger charge is -2.28. The summed E-state index contributed by atoms with van der Waals surface area (Å²) in [6, 6.07) is 8.04. The number of carbonyl (C=O) groups excluding carboxylic acids is 1. The fourth-order valence-corrected chi connectivity index (χ4v) is 3.50. The van der Waals surface area contributed by atoms with E-state index in [9.17, 15) is 18.0 Å². The number of hydrogen-bond donors (Lipinski definition) is 2. The molecule has 7 nitrogen and oxygen atoms in total. The monoisotopic (exact) mass is 488 g/mol. The molecular weight excluding hydrogens is 461 g/mol. The molecule has 3 aromatic rings. The van der Waals surface area contributed by atoms with Gasteiger partial charge in [-0.3, -0.25) is 14.8 Å². The minimum absolute atomic E-state index is 0.0852. The van der Waals surface area contributed by atoms with Gasteiger partial charge in [-0.1, -0.05) is 6.07 Å². The van der Waals surface area contributed by atoms with Crippen molar-refractivity contribution in [3.8, 4) is 11.1 Å². The summed E-state index contributed by atoms with van der Waals surface area (Å²) in [5.74, 6) is -0.645. The number of aryl methyl sites for hydroxylation is 1. The van der Waals surface area contributed by atoms with Crippen molar-refractivity contribution in [1.29, 1.82) is 0 Å². The molecule has 4 rings (SSSR count). The van der Waals surface area contributed by atoms with Crippen LogP contribution in [0.4, 0.5) is 24.5 Å². The van der Waals surface area contributed by atoms with Crippen molar-refractivity contribution in [1.82, 2.24) is 9.97 Å². The van der Waals surface area contributed by atoms with Crippen LogP contribution >= 0.6 is 0 Å². The molecule has 1 aliphatic rings. The zero-order valence-corrected chi connectivity index (χ0v) is 19.5. The number of anilines is 2. The number of alkyl halides is 3. The lowest BCUT2D eigenvalue weighted by molar-refractivity contribution is -0.137. The van der Waals surface area contributed by atoms with Gasteiger partial charge in [-0.25, -0.2) is 0 Å². The zero-order valence-electron chi connectivity index (χ0n) is 19.5. The first kappa shape index (κ1) is 26.1. The second-order valence-electron chi connectivity index (χ2n) is 7.74. The van der Waals surface area contributed by atoms with Gasteiger partial charge in [0.05, 0.1) is 42.5 Å². The highest BCUT2D eigenvalue weighted by Crippen LogP contribution is 2.30. The van der Waals surface area contributed by atoms with E-state index in [0.717, 1.165) is 47.7 Å². The number of carbonyl (C=O) groups is 1. The summed E-state index contributed by atoms with van der Waals surface area (Å²) in [4.78, 5) is 23.4. The van der Waals surface area contributed by atoms with Gasteiger partial charge in [0.15, 0.2) is 0 Å². The molecular formula is C25H27F3N4O3. The second kappa shape index (κ2) is 11.8. The average molecular weight is 489 g/mol. The fourth-order valence-electron chi connectivity index (χ4n) is 3.50. The third kappa shape index (κ3) is 7.00. The number of aliphatic hydroxyl groups excluding tert-OH is 1. The van der Waals surface area contributed by atoms with Crippen molar-refractivity contribution in [2.45, 2.75) is 20.0 Å². The number of aromatic nitrogens is 2. The summed E-state index contributed by atoms with van der Waals surface area (Å²) in [6.45, 7) is 6.63. The van der Waals surface area contributed by atoms with Gasteiger partial charge in [-0.15, -0.1) is 0 Å². The molecule has 0 aliphatic carbocycles. The molecule has 1 aromatic carbocycles. The largest absolute Gasteiger partial charge is 0.416 e. The minimum Gasteiger partial charge on any atom is -0.397 e. The van der Waals surface area contributed by atoms with Crippen LogP contribution in [0.2, 0.25) is 0 Å². The quantitative estimate of drug-likeness (QED) is 0.560. The molecule has 35 heavy (non-hydrogen) atoms. The summed E-state index contributed by atoms with van der Waals surface area (Å²) in [5, 5.41) is 10.2. The number of hydrogen-bond acceptors (Lipinski definition) is 6. The topological polar surface area (TPSA) is 87.6 Å². The predicted molar refractivity (Wildman–Crippen MR) is 127 cm³/mol. The molecule has 0 radical (unpaired) electrons. The van der Waals surface area contributed by atoms with Crippen LogP contribution in [0.5, 0.6) is 0 Å². The van der Waals surface area contributed by atoms with Gasteiger partial charge in [-0.05, 0) is 44.2 Å². The highest BCUT2D eigenvalue weighted by Gasteiger charge is 2.31. The molecule has 3 heterocycles. The first-order valence-corrected chi connectivity index (χ1v) is 11.1. The van der Waals surface area contributed by atoms with E-state index in [1.54, 1.807) is 25.4 Å². The Morgan fingerprint density at radius 3 is 2.54 bits per heavy atom. The van der Waals surface area contributed by atoms with Crippen LogP contribution in [-0.4, -0.2) is 53.9 Å². The summed E-state index contributed by atoms with van der Waals surface area (Å²) < 4.78 is 44.3. The Hall–Kier alpha value is -3.50. The number of halogens is 3. The van der Waals surface area contributed by atoms with Crippen LogP contribution in [0.1, 0.15) is 28.5 Å². The Balaban J connectivity index is 0.00000108. The summed E-state index contributed by atoms with van der Waals surface area (Å²) >= 11 is 0. The van der Waals surface area contributed by atoms with Crippen LogP contribution in [-0.2, 0) is 10.9 Å². The number of nitrogens with one attached hydrogen (secondary N) is 1. The molecule has 1 fully saturated rings. The van der Waals surface area contributed by atoms with Gasteiger partial charge in [-0.2, -0.15) is 13.2 Å². The third-order valence-electron chi connectivity index (χ3n) is 5.21. The first-order chi connectivity index (χ1) is 16.7. The van der Waals surface area contributed by atoms with Gasteiger partial charge in [0.25, 0.3) is 5.91 Å². The number of rotatable bonds is 4. The smallest absolute Gasteiger partial charge is 0.397 e. The maximum Gasteiger partial charge on any atom is 0.416 e. The van der Waals surface area contributed by atoms with E-state index < -0.39 is 17.6 Å². The number of pyridine rings is 2. The van der Waals surface area contributed by atoms with Crippen LogP contribution in [0.3, 0.4) is 0 Å². The van der Waals surface area contributed by atoms with E-state index >= 15 is 0 Å². The molecule has 0 bridgehead atoms. The summed E-state index contributed by atoms with van der Waals surface area (Å²) in [6.07, 6.45) is 0.459. The Morgan fingerprint density at radius 2 is 1.86 bits per heavy atom. The zero-order chi connectivity index (χ0) is 25.4. The van der Waals surface area contributed by atoms with Crippen molar-refractivity contribution < 1.29 is 27.8 Å². The average Bonchev–Trinajstić information content (AvgIpc) is 2.86. The lowest BCUT2D eigenvalue weighted by atomic mass is 10.0. The van der Waals surface area contributed by atoms with E-state index in [2.05, 4.69) is 20.2 Å². The van der Waals surface area contributed by atoms with Gasteiger partial charge < -0.3 is 20.1 Å². The van der Waals surface area contributed by atoms with E-state index in [4.69, 9.17) is 9.84 Å². The predicted octanol–water partition coefficient (Wildman–Crippen LogP) is 4.56. The van der Waals surface area contributed by atoms with Gasteiger partial charge in [0.1, 0.15) is 0 Å². The van der Waals surface area contributed by atoms with Crippen molar-refractivity contribution in [2.75, 3.05) is 43.1 Å². The van der Waals surface area contributed by atoms with Crippen LogP contribution in [0.25, 0.3) is 11.1 Å². The molecule has 2 aromatic heterocycles. The van der Waals surface area contributed by atoms with E-state index in [1.165, 1.54) is 18.3 Å². The molecule has 1 saturated heterocycles. The Bertz CT molecular complexity index is 1150. The molecule has 0 spiro atoms. The number of aliphatic hydroxyl groups is 1. The summed E-state index contributed by atoms with van der Waals surface area (Å²) in [7, 11) is 0. The van der Waals surface area contributed by atoms with Gasteiger partial charge in [0.2, 0.25) is 0 Å². The molecule has 0 unspecified atom stereocenters. The Labute approximate surface area is 201 Å². The van der Waals surface area contributed by atoms with Crippen LogP contribution in [0, 0.1) is 6.92 Å². The van der Waals surface area contributed by atoms with Gasteiger partial charge in [0, 0.05) is 48.3 Å². The van der Waals surface area contributed by atoms with E-state index in [0.29, 0.717) is 18.9 Å². The van der Waals surface area contributed by atoms with Crippen molar-refractivity contribution in [3.63, 3.8) is 0 Å². The molecule has 1 aliphatic heterocycles. The van der Waals surface area contributed by atoms with Crippen molar-refractivity contribution in [2.24, 2.45) is 0 Å². The lowest BCUT2D eigenvalue weighted by Crippen LogP contribution is -2.36. The number of nitrogens with zero attached hydrogens (tertiary/aromatic N) is 3. The number of amides is 1.